The summed E-state index contributed by atoms with van der Waals surface area (Å²) in [7, 11) is 1.77. The van der Waals surface area contributed by atoms with E-state index in [0.29, 0.717) is 0 Å². The molecule has 0 unspecified atom stereocenters. The first-order chi connectivity index (χ1) is 7.77. The molecule has 0 bridgehead atoms. The van der Waals surface area contributed by atoms with E-state index in [1.54, 1.807) is 12.7 Å². The van der Waals surface area contributed by atoms with Crippen LogP contribution < -0.4 is 0 Å². The number of hydrogen-bond donors (Lipinski definition) is 0. The highest BCUT2D eigenvalue weighted by Gasteiger charge is 2.13. The monoisotopic (exact) mass is 282 g/mol. The van der Waals surface area contributed by atoms with E-state index in [0.717, 1.165) is 10.9 Å². The largest absolute Gasteiger partial charge is 0.501 e. The first kappa shape index (κ1) is 13.3. The molecule has 0 aliphatic heterocycles. The molecule has 0 N–H and O–H groups in total. The predicted molar refractivity (Wildman–Crippen MR) is 72.3 cm³/mol. The van der Waals surface area contributed by atoms with Crippen molar-refractivity contribution in [2.75, 3.05) is 7.11 Å². The van der Waals surface area contributed by atoms with Crippen molar-refractivity contribution in [3.05, 3.63) is 46.1 Å². The summed E-state index contributed by atoms with van der Waals surface area (Å²) in [6, 6.07) is 9.97. The fourth-order valence-corrected chi connectivity index (χ4v) is 1.89. The van der Waals surface area contributed by atoms with Crippen LogP contribution in [0, 0.1) is 0 Å². The van der Waals surface area contributed by atoms with Gasteiger partial charge in [0.2, 0.25) is 0 Å². The third-order valence-corrected chi connectivity index (χ3v) is 3.18. The van der Waals surface area contributed by atoms with Crippen molar-refractivity contribution in [2.45, 2.75) is 32.6 Å². The van der Waals surface area contributed by atoms with Gasteiger partial charge in [0.1, 0.15) is 0 Å². The maximum absolute atomic E-state index is 5.18. The summed E-state index contributed by atoms with van der Waals surface area (Å²) in [4.78, 5) is 0. The van der Waals surface area contributed by atoms with Gasteiger partial charge in [0.05, 0.1) is 12.9 Å². The number of ether oxygens (including phenoxy) is 1. The summed E-state index contributed by atoms with van der Waals surface area (Å²) >= 11 is 3.31. The molecule has 2 heteroatoms. The maximum atomic E-state index is 5.18. The Kier molecular flexibility index (Phi) is 6.24. The molecule has 16 heavy (non-hydrogen) atoms. The second-order valence-corrected chi connectivity index (χ2v) is 4.65. The second kappa shape index (κ2) is 7.50. The van der Waals surface area contributed by atoms with Gasteiger partial charge in [-0.2, -0.15) is 0 Å². The van der Waals surface area contributed by atoms with Gasteiger partial charge >= 0.3 is 0 Å². The number of methoxy groups -OCH3 is 1. The molecule has 2 rings (SSSR count). The van der Waals surface area contributed by atoms with E-state index in [-0.39, 0.29) is 0 Å². The Morgan fingerprint density at radius 3 is 2.06 bits per heavy atom. The van der Waals surface area contributed by atoms with E-state index >= 15 is 0 Å². The minimum Gasteiger partial charge on any atom is -0.501 e. The van der Waals surface area contributed by atoms with Crippen LogP contribution >= 0.6 is 15.9 Å². The van der Waals surface area contributed by atoms with Crippen molar-refractivity contribution < 1.29 is 4.74 Å². The number of halogens is 1. The Morgan fingerprint density at radius 1 is 1.25 bits per heavy atom. The zero-order valence-electron chi connectivity index (χ0n) is 10.0. The summed E-state index contributed by atoms with van der Waals surface area (Å²) in [5.41, 5.74) is 1.54. The third-order valence-electron chi connectivity index (χ3n) is 2.65. The van der Waals surface area contributed by atoms with Gasteiger partial charge in [-0.1, -0.05) is 41.1 Å². The van der Waals surface area contributed by atoms with Gasteiger partial charge in [0.15, 0.2) is 0 Å². The van der Waals surface area contributed by atoms with E-state index in [4.69, 9.17) is 4.74 Å². The first-order valence-electron chi connectivity index (χ1n) is 5.73. The number of benzene rings is 1. The molecular formula is C14H19BrO. The molecule has 0 heterocycles. The fraction of sp³-hybridized carbons (Fsp3) is 0.429. The Hall–Kier alpha value is -0.760. The highest BCUT2D eigenvalue weighted by molar-refractivity contribution is 9.10. The van der Waals surface area contributed by atoms with Gasteiger partial charge in [-0.05, 0) is 37.0 Å². The molecule has 1 saturated carbocycles. The van der Waals surface area contributed by atoms with Gasteiger partial charge < -0.3 is 4.74 Å². The normalized spacial score (nSPS) is 13.3. The zero-order chi connectivity index (χ0) is 11.8. The van der Waals surface area contributed by atoms with Crippen LogP contribution in [0.25, 0.3) is 0 Å². The lowest BCUT2D eigenvalue weighted by atomic mass is 9.91. The summed E-state index contributed by atoms with van der Waals surface area (Å²) < 4.78 is 6.32. The van der Waals surface area contributed by atoms with Gasteiger partial charge in [-0.15, -0.1) is 0 Å². The first-order valence-corrected chi connectivity index (χ1v) is 6.52. The van der Waals surface area contributed by atoms with E-state index in [2.05, 4.69) is 22.9 Å². The standard InChI is InChI=1S/C8H14O.C6H5Br/c1-3-8(9-2)7-5-4-6-7;7-6-4-2-1-3-5-6/h3-6H2,1-2H3;1-5H. The van der Waals surface area contributed by atoms with Crippen molar-refractivity contribution in [1.82, 2.24) is 0 Å². The molecule has 0 saturated heterocycles. The highest BCUT2D eigenvalue weighted by Crippen LogP contribution is 2.29. The summed E-state index contributed by atoms with van der Waals surface area (Å²) in [5, 5.41) is 0. The van der Waals surface area contributed by atoms with E-state index in [9.17, 15) is 0 Å². The lowest BCUT2D eigenvalue weighted by Crippen LogP contribution is -2.02. The Labute approximate surface area is 107 Å². The van der Waals surface area contributed by atoms with Crippen molar-refractivity contribution >= 4 is 15.9 Å². The second-order valence-electron chi connectivity index (χ2n) is 3.73. The Balaban J connectivity index is 0.000000165. The van der Waals surface area contributed by atoms with Crippen LogP contribution in [0.4, 0.5) is 0 Å². The van der Waals surface area contributed by atoms with E-state index < -0.39 is 0 Å². The average Bonchev–Trinajstić information content (AvgIpc) is 2.25. The maximum Gasteiger partial charge on any atom is 0.0944 e. The summed E-state index contributed by atoms with van der Waals surface area (Å²) in [6.45, 7) is 2.14. The topological polar surface area (TPSA) is 9.23 Å². The molecule has 1 aliphatic rings. The van der Waals surface area contributed by atoms with Crippen molar-refractivity contribution in [3.63, 3.8) is 0 Å². The van der Waals surface area contributed by atoms with Gasteiger partial charge in [-0.3, -0.25) is 0 Å². The minimum absolute atomic E-state index is 1.06. The predicted octanol–water partition coefficient (Wildman–Crippen LogP) is 4.93. The molecule has 1 aromatic rings. The van der Waals surface area contributed by atoms with Crippen LogP contribution in [0.3, 0.4) is 0 Å². The molecule has 0 radical (unpaired) electrons. The molecule has 1 fully saturated rings. The Bertz CT molecular complexity index is 318. The molecule has 0 atom stereocenters. The minimum atomic E-state index is 1.06. The third kappa shape index (κ3) is 4.40. The van der Waals surface area contributed by atoms with Crippen LogP contribution in [0.15, 0.2) is 46.1 Å². The smallest absolute Gasteiger partial charge is 0.0944 e. The average molecular weight is 283 g/mol. The molecule has 0 amide bonds. The van der Waals surface area contributed by atoms with Crippen LogP contribution in [0.1, 0.15) is 32.6 Å². The Morgan fingerprint density at radius 2 is 1.88 bits per heavy atom. The molecule has 88 valence electrons. The van der Waals surface area contributed by atoms with E-state index in [1.807, 2.05) is 30.3 Å². The van der Waals surface area contributed by atoms with Crippen LogP contribution in [0.2, 0.25) is 0 Å². The van der Waals surface area contributed by atoms with Gasteiger partial charge in [-0.25, -0.2) is 0 Å². The van der Waals surface area contributed by atoms with Crippen molar-refractivity contribution in [3.8, 4) is 0 Å². The molecular weight excluding hydrogens is 264 g/mol. The van der Waals surface area contributed by atoms with Crippen LogP contribution in [0.5, 0.6) is 0 Å². The van der Waals surface area contributed by atoms with E-state index in [1.165, 1.54) is 25.0 Å². The summed E-state index contributed by atoms with van der Waals surface area (Å²) in [5.74, 6) is 1.22. The molecule has 0 aromatic heterocycles. The SMILES string of the molecule is Brc1ccccc1.CCC(OC)=C1CCC1. The molecule has 1 nitrogen and oxygen atoms in total. The van der Waals surface area contributed by atoms with Crippen molar-refractivity contribution in [1.29, 1.82) is 0 Å². The highest BCUT2D eigenvalue weighted by atomic mass is 79.9. The van der Waals surface area contributed by atoms with Gasteiger partial charge in [0.25, 0.3) is 0 Å². The van der Waals surface area contributed by atoms with Crippen molar-refractivity contribution in [2.24, 2.45) is 0 Å². The quantitative estimate of drug-likeness (QED) is 0.699. The number of rotatable bonds is 2. The van der Waals surface area contributed by atoms with Crippen LogP contribution in [-0.2, 0) is 4.74 Å². The summed E-state index contributed by atoms with van der Waals surface area (Å²) in [6.07, 6.45) is 4.97. The lowest BCUT2D eigenvalue weighted by Gasteiger charge is -2.19. The molecule has 1 aliphatic carbocycles. The lowest BCUT2D eigenvalue weighted by molar-refractivity contribution is 0.267. The molecule has 0 spiro atoms. The number of hydrogen-bond acceptors (Lipinski definition) is 1. The van der Waals surface area contributed by atoms with Gasteiger partial charge in [0, 0.05) is 10.9 Å². The fourth-order valence-electron chi connectivity index (χ4n) is 1.59. The zero-order valence-corrected chi connectivity index (χ0v) is 11.6. The molecule has 1 aromatic carbocycles. The number of allylic oxidation sites excluding steroid dienone is 2. The van der Waals surface area contributed by atoms with Crippen LogP contribution in [-0.4, -0.2) is 7.11 Å².